The average molecular weight is 294 g/mol. The Morgan fingerprint density at radius 3 is 2.43 bits per heavy atom. The molecule has 2 amide bonds. The van der Waals surface area contributed by atoms with Gasteiger partial charge in [-0.1, -0.05) is 39.0 Å². The minimum absolute atomic E-state index is 0.00849. The lowest BCUT2D eigenvalue weighted by Gasteiger charge is -2.46. The van der Waals surface area contributed by atoms with E-state index in [1.165, 1.54) is 19.3 Å². The number of piperazine rings is 1. The van der Waals surface area contributed by atoms with Crippen LogP contribution >= 0.6 is 0 Å². The van der Waals surface area contributed by atoms with Crippen LogP contribution in [0.25, 0.3) is 0 Å². The molecule has 1 heterocycles. The quantitative estimate of drug-likeness (QED) is 0.793. The van der Waals surface area contributed by atoms with Crippen LogP contribution in [0.4, 0.5) is 0 Å². The van der Waals surface area contributed by atoms with Crippen LogP contribution in [0.15, 0.2) is 0 Å². The Balaban J connectivity index is 2.11. The van der Waals surface area contributed by atoms with E-state index in [1.54, 1.807) is 0 Å². The average Bonchev–Trinajstić information content (AvgIpc) is 2.47. The van der Waals surface area contributed by atoms with Gasteiger partial charge in [-0.2, -0.15) is 0 Å². The van der Waals surface area contributed by atoms with Gasteiger partial charge in [0.25, 0.3) is 0 Å². The predicted octanol–water partition coefficient (Wildman–Crippen LogP) is 2.86. The molecule has 2 aliphatic rings. The van der Waals surface area contributed by atoms with Crippen LogP contribution in [0.3, 0.4) is 0 Å². The standard InChI is InChI=1S/C17H30N2O2/c1-4-5-9-12-19-15(20)14(13-10-7-6-8-11-13)18-16(21)17(19,2)3/h13-14H,4-12H2,1-3H3,(H,18,21). The first-order valence-electron chi connectivity index (χ1n) is 8.61. The third-order valence-electron chi connectivity index (χ3n) is 5.16. The summed E-state index contributed by atoms with van der Waals surface area (Å²) in [4.78, 5) is 27.2. The molecule has 0 spiro atoms. The number of nitrogens with zero attached hydrogens (tertiary/aromatic N) is 1. The monoisotopic (exact) mass is 294 g/mol. The summed E-state index contributed by atoms with van der Waals surface area (Å²) in [6.45, 7) is 6.59. The summed E-state index contributed by atoms with van der Waals surface area (Å²) in [6, 6.07) is -0.285. The van der Waals surface area contributed by atoms with Crippen LogP contribution in [0.5, 0.6) is 0 Å². The Kier molecular flexibility index (Phi) is 5.28. The molecule has 0 aromatic rings. The largest absolute Gasteiger partial charge is 0.342 e. The Morgan fingerprint density at radius 1 is 1.14 bits per heavy atom. The molecule has 0 radical (unpaired) electrons. The lowest BCUT2D eigenvalue weighted by molar-refractivity contribution is -0.157. The summed E-state index contributed by atoms with van der Waals surface area (Å²) in [6.07, 6.45) is 8.98. The molecule has 4 heteroatoms. The molecule has 2 rings (SSSR count). The molecule has 2 fully saturated rings. The Morgan fingerprint density at radius 2 is 1.81 bits per heavy atom. The lowest BCUT2D eigenvalue weighted by Crippen LogP contribution is -2.69. The number of rotatable bonds is 5. The molecule has 1 unspecified atom stereocenters. The summed E-state index contributed by atoms with van der Waals surface area (Å²) < 4.78 is 0. The van der Waals surface area contributed by atoms with Crippen molar-refractivity contribution >= 4 is 11.8 Å². The zero-order valence-electron chi connectivity index (χ0n) is 13.8. The van der Waals surface area contributed by atoms with Gasteiger partial charge in [-0.25, -0.2) is 0 Å². The smallest absolute Gasteiger partial charge is 0.246 e. The third kappa shape index (κ3) is 3.41. The van der Waals surface area contributed by atoms with Gasteiger partial charge in [0.05, 0.1) is 0 Å². The fourth-order valence-corrected chi connectivity index (χ4v) is 3.64. The summed E-state index contributed by atoms with van der Waals surface area (Å²) in [5.41, 5.74) is -0.712. The van der Waals surface area contributed by atoms with Crippen molar-refractivity contribution in [3.8, 4) is 0 Å². The topological polar surface area (TPSA) is 49.4 Å². The molecule has 1 N–H and O–H groups in total. The molecule has 0 aromatic carbocycles. The van der Waals surface area contributed by atoms with Gasteiger partial charge in [0.15, 0.2) is 0 Å². The van der Waals surface area contributed by atoms with Crippen LogP contribution in [0.1, 0.15) is 72.1 Å². The van der Waals surface area contributed by atoms with Gasteiger partial charge in [0.1, 0.15) is 11.6 Å². The maximum absolute atomic E-state index is 12.9. The predicted molar refractivity (Wildman–Crippen MR) is 83.8 cm³/mol. The highest BCUT2D eigenvalue weighted by Crippen LogP contribution is 2.31. The van der Waals surface area contributed by atoms with E-state index < -0.39 is 5.54 Å². The van der Waals surface area contributed by atoms with E-state index in [4.69, 9.17) is 0 Å². The summed E-state index contributed by atoms with van der Waals surface area (Å²) in [7, 11) is 0. The van der Waals surface area contributed by atoms with Gasteiger partial charge in [-0.3, -0.25) is 9.59 Å². The number of amides is 2. The number of nitrogens with one attached hydrogen (secondary N) is 1. The molecule has 1 saturated heterocycles. The van der Waals surface area contributed by atoms with Crippen molar-refractivity contribution in [2.75, 3.05) is 6.54 Å². The van der Waals surface area contributed by atoms with Crippen molar-refractivity contribution in [2.24, 2.45) is 5.92 Å². The molecular weight excluding hydrogens is 264 g/mol. The molecule has 21 heavy (non-hydrogen) atoms. The van der Waals surface area contributed by atoms with Crippen molar-refractivity contribution < 1.29 is 9.59 Å². The second-order valence-corrected chi connectivity index (χ2v) is 7.11. The third-order valence-corrected chi connectivity index (χ3v) is 5.16. The van der Waals surface area contributed by atoms with Crippen LogP contribution in [0.2, 0.25) is 0 Å². The maximum atomic E-state index is 12.9. The fourth-order valence-electron chi connectivity index (χ4n) is 3.64. The van der Waals surface area contributed by atoms with Gasteiger partial charge in [-0.05, 0) is 39.0 Å². The zero-order valence-corrected chi connectivity index (χ0v) is 13.8. The van der Waals surface area contributed by atoms with Gasteiger partial charge in [0, 0.05) is 6.54 Å². The highest BCUT2D eigenvalue weighted by atomic mass is 16.2. The number of carbonyl (C=O) groups excluding carboxylic acids is 2. The summed E-state index contributed by atoms with van der Waals surface area (Å²) in [5.74, 6) is 0.483. The van der Waals surface area contributed by atoms with E-state index in [-0.39, 0.29) is 17.9 Å². The van der Waals surface area contributed by atoms with Crippen LogP contribution < -0.4 is 5.32 Å². The minimum Gasteiger partial charge on any atom is -0.342 e. The fraction of sp³-hybridized carbons (Fsp3) is 0.882. The summed E-state index contributed by atoms with van der Waals surface area (Å²) in [5, 5.41) is 3.02. The second kappa shape index (κ2) is 6.80. The Bertz CT molecular complexity index is 386. The number of carbonyl (C=O) groups is 2. The van der Waals surface area contributed by atoms with E-state index >= 15 is 0 Å². The maximum Gasteiger partial charge on any atom is 0.246 e. The van der Waals surface area contributed by atoms with Gasteiger partial charge < -0.3 is 10.2 Å². The Hall–Kier alpha value is -1.06. The van der Waals surface area contributed by atoms with Gasteiger partial charge in [0.2, 0.25) is 11.8 Å². The van der Waals surface area contributed by atoms with Crippen molar-refractivity contribution in [3.05, 3.63) is 0 Å². The SMILES string of the molecule is CCCCCN1C(=O)C(C2CCCCC2)NC(=O)C1(C)C. The molecule has 4 nitrogen and oxygen atoms in total. The molecule has 0 aromatic heterocycles. The van der Waals surface area contributed by atoms with E-state index in [0.29, 0.717) is 12.5 Å². The number of hydrogen-bond acceptors (Lipinski definition) is 2. The highest BCUT2D eigenvalue weighted by molar-refractivity contribution is 5.99. The first-order chi connectivity index (χ1) is 9.98. The lowest BCUT2D eigenvalue weighted by atomic mass is 9.81. The highest BCUT2D eigenvalue weighted by Gasteiger charge is 2.48. The molecule has 0 bridgehead atoms. The number of hydrogen-bond donors (Lipinski definition) is 1. The summed E-state index contributed by atoms with van der Waals surface area (Å²) >= 11 is 0. The van der Waals surface area contributed by atoms with Crippen LogP contribution in [0, 0.1) is 5.92 Å². The van der Waals surface area contributed by atoms with Crippen molar-refractivity contribution in [3.63, 3.8) is 0 Å². The zero-order chi connectivity index (χ0) is 15.5. The van der Waals surface area contributed by atoms with Gasteiger partial charge in [-0.15, -0.1) is 0 Å². The number of unbranched alkanes of at least 4 members (excludes halogenated alkanes) is 2. The van der Waals surface area contributed by atoms with Crippen molar-refractivity contribution in [1.29, 1.82) is 0 Å². The van der Waals surface area contributed by atoms with Crippen molar-refractivity contribution in [1.82, 2.24) is 10.2 Å². The molecule has 1 atom stereocenters. The first kappa shape index (κ1) is 16.3. The van der Waals surface area contributed by atoms with E-state index in [9.17, 15) is 9.59 Å². The molecular formula is C17H30N2O2. The van der Waals surface area contributed by atoms with E-state index in [1.807, 2.05) is 18.7 Å². The van der Waals surface area contributed by atoms with Crippen LogP contribution in [-0.4, -0.2) is 34.8 Å². The second-order valence-electron chi connectivity index (χ2n) is 7.11. The molecule has 120 valence electrons. The first-order valence-corrected chi connectivity index (χ1v) is 8.61. The molecule has 1 saturated carbocycles. The minimum atomic E-state index is -0.712. The van der Waals surface area contributed by atoms with Crippen molar-refractivity contribution in [2.45, 2.75) is 83.7 Å². The Labute approximate surface area is 128 Å². The van der Waals surface area contributed by atoms with Crippen LogP contribution in [-0.2, 0) is 9.59 Å². The normalized spacial score (nSPS) is 26.8. The molecule has 1 aliphatic heterocycles. The van der Waals surface area contributed by atoms with E-state index in [0.717, 1.165) is 32.1 Å². The van der Waals surface area contributed by atoms with Gasteiger partial charge >= 0.3 is 0 Å². The van der Waals surface area contributed by atoms with E-state index in [2.05, 4.69) is 12.2 Å². The molecule has 1 aliphatic carbocycles.